The van der Waals surface area contributed by atoms with Crippen LogP contribution in [-0.2, 0) is 30.5 Å². The molecule has 214 valence electrons. The van der Waals surface area contributed by atoms with Crippen molar-refractivity contribution < 1.29 is 38.9 Å². The van der Waals surface area contributed by atoms with Gasteiger partial charge in [-0.25, -0.2) is 4.79 Å². The van der Waals surface area contributed by atoms with Crippen LogP contribution in [0.3, 0.4) is 0 Å². The van der Waals surface area contributed by atoms with E-state index in [0.29, 0.717) is 0 Å². The second kappa shape index (κ2) is 13.1. The average Bonchev–Trinajstić information content (AvgIpc) is 3.27. The minimum atomic E-state index is -1.75. The Morgan fingerprint density at radius 2 is 1.46 bits per heavy atom. The summed E-state index contributed by atoms with van der Waals surface area (Å²) in [6, 6.07) is 23.3. The number of esters is 1. The fourth-order valence-electron chi connectivity index (χ4n) is 4.74. The van der Waals surface area contributed by atoms with Crippen LogP contribution in [0.5, 0.6) is 0 Å². The Balaban J connectivity index is 1.40. The molecule has 0 spiro atoms. The molecule has 41 heavy (non-hydrogen) atoms. The third-order valence-corrected chi connectivity index (χ3v) is 6.74. The standard InChI is InChI=1S/C31H32N2O8/c1-31(39,16-27(34)35)19-32-29(37)26(15-28(36)40-17-20-9-3-2-4-10-20)33-30(38)41-18-25-23-13-7-5-11-21(23)22-12-6-8-14-24(22)25/h2-14,25-26,39H,15-19H2,1H3,(H,32,37)(H,33,38)(H,34,35)/t26-,31?/m0/s1. The van der Waals surface area contributed by atoms with Gasteiger partial charge in [-0.15, -0.1) is 0 Å². The van der Waals surface area contributed by atoms with Gasteiger partial charge in [0.15, 0.2) is 0 Å². The van der Waals surface area contributed by atoms with E-state index in [0.717, 1.165) is 27.8 Å². The summed E-state index contributed by atoms with van der Waals surface area (Å²) in [7, 11) is 0. The summed E-state index contributed by atoms with van der Waals surface area (Å²) in [5.41, 5.74) is 3.15. The van der Waals surface area contributed by atoms with Crippen molar-refractivity contribution in [3.63, 3.8) is 0 Å². The van der Waals surface area contributed by atoms with Crippen molar-refractivity contribution in [1.29, 1.82) is 0 Å². The van der Waals surface area contributed by atoms with Crippen LogP contribution in [0, 0.1) is 0 Å². The Bertz CT molecular complexity index is 1360. The number of carboxylic acid groups (broad SMARTS) is 1. The van der Waals surface area contributed by atoms with Crippen molar-refractivity contribution in [1.82, 2.24) is 10.6 Å². The van der Waals surface area contributed by atoms with Gasteiger partial charge >= 0.3 is 18.0 Å². The molecule has 0 bridgehead atoms. The van der Waals surface area contributed by atoms with Gasteiger partial charge in [-0.3, -0.25) is 14.4 Å². The lowest BCUT2D eigenvalue weighted by molar-refractivity contribution is -0.147. The molecular weight excluding hydrogens is 528 g/mol. The molecule has 10 heteroatoms. The summed E-state index contributed by atoms with van der Waals surface area (Å²) in [5.74, 6) is -3.00. The van der Waals surface area contributed by atoms with E-state index in [1.54, 1.807) is 24.3 Å². The van der Waals surface area contributed by atoms with E-state index in [4.69, 9.17) is 14.6 Å². The van der Waals surface area contributed by atoms with Gasteiger partial charge in [-0.2, -0.15) is 0 Å². The number of nitrogens with one attached hydrogen (secondary N) is 2. The maximum absolute atomic E-state index is 13.0. The van der Waals surface area contributed by atoms with Gasteiger partial charge in [0.25, 0.3) is 0 Å². The van der Waals surface area contributed by atoms with Gasteiger partial charge < -0.3 is 30.3 Å². The van der Waals surface area contributed by atoms with E-state index < -0.39 is 55.0 Å². The molecule has 0 fully saturated rings. The Morgan fingerprint density at radius 1 is 0.878 bits per heavy atom. The summed E-state index contributed by atoms with van der Waals surface area (Å²) >= 11 is 0. The van der Waals surface area contributed by atoms with Gasteiger partial charge in [0.05, 0.1) is 18.4 Å². The lowest BCUT2D eigenvalue weighted by Gasteiger charge is -2.24. The minimum absolute atomic E-state index is 0.0000245. The lowest BCUT2D eigenvalue weighted by Crippen LogP contribution is -2.51. The van der Waals surface area contributed by atoms with Crippen LogP contribution in [0.25, 0.3) is 11.1 Å². The summed E-state index contributed by atoms with van der Waals surface area (Å²) in [4.78, 5) is 49.4. The Labute approximate surface area is 237 Å². The molecule has 10 nitrogen and oxygen atoms in total. The molecule has 3 aromatic carbocycles. The predicted octanol–water partition coefficient (Wildman–Crippen LogP) is 3.37. The number of amides is 2. The van der Waals surface area contributed by atoms with Crippen LogP contribution in [-0.4, -0.2) is 58.9 Å². The molecular formula is C31H32N2O8. The van der Waals surface area contributed by atoms with Crippen molar-refractivity contribution >= 4 is 23.9 Å². The number of aliphatic carboxylic acids is 1. The Hall–Kier alpha value is -4.70. The molecule has 1 unspecified atom stereocenters. The number of fused-ring (bicyclic) bond motifs is 3. The van der Waals surface area contributed by atoms with Crippen LogP contribution in [0.15, 0.2) is 78.9 Å². The number of aliphatic hydroxyl groups is 1. The molecule has 0 heterocycles. The fraction of sp³-hybridized carbons (Fsp3) is 0.290. The third-order valence-electron chi connectivity index (χ3n) is 6.74. The van der Waals surface area contributed by atoms with Crippen molar-refractivity contribution in [2.24, 2.45) is 0 Å². The summed E-state index contributed by atoms with van der Waals surface area (Å²) < 4.78 is 10.8. The van der Waals surface area contributed by atoms with Gasteiger partial charge in [0, 0.05) is 12.5 Å². The average molecular weight is 561 g/mol. The zero-order valence-corrected chi connectivity index (χ0v) is 22.5. The molecule has 0 aromatic heterocycles. The number of carbonyl (C=O) groups is 4. The van der Waals surface area contributed by atoms with Crippen molar-refractivity contribution in [3.8, 4) is 11.1 Å². The Kier molecular flexibility index (Phi) is 9.36. The number of alkyl carbamates (subject to hydrolysis) is 1. The van der Waals surface area contributed by atoms with Gasteiger partial charge in [-0.05, 0) is 34.7 Å². The third kappa shape index (κ3) is 7.92. The van der Waals surface area contributed by atoms with E-state index in [-0.39, 0.29) is 19.1 Å². The highest BCUT2D eigenvalue weighted by molar-refractivity contribution is 5.89. The second-order valence-corrected chi connectivity index (χ2v) is 10.2. The highest BCUT2D eigenvalue weighted by atomic mass is 16.5. The van der Waals surface area contributed by atoms with Crippen molar-refractivity contribution in [2.75, 3.05) is 13.2 Å². The summed E-state index contributed by atoms with van der Waals surface area (Å²) in [5, 5.41) is 24.1. The van der Waals surface area contributed by atoms with Crippen LogP contribution in [0.2, 0.25) is 0 Å². The zero-order valence-electron chi connectivity index (χ0n) is 22.5. The SMILES string of the molecule is CC(O)(CNC(=O)[C@H](CC(=O)OCc1ccccc1)NC(=O)OCC1c2ccccc2-c2ccccc21)CC(=O)O. The number of ether oxygens (including phenoxy) is 2. The number of carboxylic acids is 1. The van der Waals surface area contributed by atoms with Crippen molar-refractivity contribution in [3.05, 3.63) is 95.6 Å². The first-order valence-electron chi connectivity index (χ1n) is 13.2. The number of carbonyl (C=O) groups excluding carboxylic acids is 3. The van der Waals surface area contributed by atoms with Gasteiger partial charge in [-0.1, -0.05) is 78.9 Å². The monoisotopic (exact) mass is 560 g/mol. The lowest BCUT2D eigenvalue weighted by atomic mass is 9.98. The first kappa shape index (κ1) is 29.3. The minimum Gasteiger partial charge on any atom is -0.481 e. The van der Waals surface area contributed by atoms with Crippen LogP contribution in [0.4, 0.5) is 4.79 Å². The number of benzene rings is 3. The number of rotatable bonds is 12. The molecule has 0 radical (unpaired) electrons. The first-order valence-corrected chi connectivity index (χ1v) is 13.2. The molecule has 1 aliphatic rings. The normalized spacial score (nSPS) is 14.1. The van der Waals surface area contributed by atoms with Crippen LogP contribution < -0.4 is 10.6 Å². The maximum atomic E-state index is 13.0. The van der Waals surface area contributed by atoms with E-state index in [1.807, 2.05) is 54.6 Å². The number of hydrogen-bond donors (Lipinski definition) is 4. The predicted molar refractivity (Wildman–Crippen MR) is 149 cm³/mol. The molecule has 3 aromatic rings. The molecule has 2 atom stereocenters. The molecule has 2 amide bonds. The summed E-state index contributed by atoms with van der Waals surface area (Å²) in [6.45, 7) is 0.815. The first-order chi connectivity index (χ1) is 19.6. The van der Waals surface area contributed by atoms with Gasteiger partial charge in [0.2, 0.25) is 5.91 Å². The maximum Gasteiger partial charge on any atom is 0.407 e. The Morgan fingerprint density at radius 3 is 2.07 bits per heavy atom. The van der Waals surface area contributed by atoms with E-state index >= 15 is 0 Å². The zero-order chi connectivity index (χ0) is 29.4. The molecule has 4 rings (SSSR count). The van der Waals surface area contributed by atoms with E-state index in [2.05, 4.69) is 10.6 Å². The number of hydrogen-bond acceptors (Lipinski definition) is 7. The molecule has 1 aliphatic carbocycles. The topological polar surface area (TPSA) is 151 Å². The quantitative estimate of drug-likeness (QED) is 0.246. The second-order valence-electron chi connectivity index (χ2n) is 10.2. The smallest absolute Gasteiger partial charge is 0.407 e. The highest BCUT2D eigenvalue weighted by Gasteiger charge is 2.32. The van der Waals surface area contributed by atoms with Crippen molar-refractivity contribution in [2.45, 2.75) is 43.9 Å². The summed E-state index contributed by atoms with van der Waals surface area (Å²) in [6.07, 6.45) is -2.04. The molecule has 0 saturated heterocycles. The molecule has 0 aliphatic heterocycles. The fourth-order valence-corrected chi connectivity index (χ4v) is 4.74. The molecule has 0 saturated carbocycles. The molecule has 4 N–H and O–H groups in total. The van der Waals surface area contributed by atoms with E-state index in [1.165, 1.54) is 6.92 Å². The van der Waals surface area contributed by atoms with Gasteiger partial charge in [0.1, 0.15) is 19.3 Å². The highest BCUT2D eigenvalue weighted by Crippen LogP contribution is 2.44. The largest absolute Gasteiger partial charge is 0.481 e. The van der Waals surface area contributed by atoms with E-state index in [9.17, 15) is 24.3 Å². The van der Waals surface area contributed by atoms with Crippen LogP contribution in [0.1, 0.15) is 42.4 Å². The van der Waals surface area contributed by atoms with Crippen LogP contribution >= 0.6 is 0 Å².